The number of hydrogen-bond acceptors (Lipinski definition) is 2. The Morgan fingerprint density at radius 3 is 2.67 bits per heavy atom. The summed E-state index contributed by atoms with van der Waals surface area (Å²) in [6, 6.07) is 3.44. The van der Waals surface area contributed by atoms with Crippen molar-refractivity contribution in [2.75, 3.05) is 0 Å². The summed E-state index contributed by atoms with van der Waals surface area (Å²) in [6.45, 7) is 9.80. The third kappa shape index (κ3) is 1.61. The zero-order valence-corrected chi connectivity index (χ0v) is 12.8. The lowest BCUT2D eigenvalue weighted by Gasteiger charge is -2.40. The molecule has 2 bridgehead atoms. The molecule has 2 aliphatic carbocycles. The minimum atomic E-state index is 0.488. The summed E-state index contributed by atoms with van der Waals surface area (Å²) in [5.74, 6) is 0.926. The van der Waals surface area contributed by atoms with Crippen molar-refractivity contribution in [1.29, 1.82) is 0 Å². The van der Waals surface area contributed by atoms with Crippen LogP contribution in [0.1, 0.15) is 58.6 Å². The topological polar surface area (TPSA) is 12.0 Å². The highest BCUT2D eigenvalue weighted by Gasteiger charge is 2.61. The van der Waals surface area contributed by atoms with Crippen molar-refractivity contribution in [3.63, 3.8) is 0 Å². The molecule has 1 aromatic heterocycles. The molecule has 1 nitrogen and oxygen atoms in total. The number of thiophene rings is 1. The highest BCUT2D eigenvalue weighted by atomic mass is 32.1. The van der Waals surface area contributed by atoms with Crippen LogP contribution in [0.25, 0.3) is 0 Å². The zero-order chi connectivity index (χ0) is 13.0. The van der Waals surface area contributed by atoms with Gasteiger partial charge in [0.1, 0.15) is 0 Å². The third-order valence-electron chi connectivity index (χ3n) is 6.29. The van der Waals surface area contributed by atoms with Gasteiger partial charge in [0.15, 0.2) is 0 Å². The van der Waals surface area contributed by atoms with Crippen LogP contribution in [0.2, 0.25) is 0 Å². The standard InChI is InChI=1S/C16H25NS/c1-11(12-6-8-18-10-12)17-14-9-13-5-7-16(14,4)15(13,2)3/h6,8,10-11,13-14,17H,5,7,9H2,1-4H3. The van der Waals surface area contributed by atoms with Gasteiger partial charge in [-0.25, -0.2) is 0 Å². The normalized spacial score (nSPS) is 39.1. The molecule has 100 valence electrons. The lowest BCUT2D eigenvalue weighted by molar-refractivity contribution is 0.116. The molecule has 0 aliphatic heterocycles. The van der Waals surface area contributed by atoms with Gasteiger partial charge in [-0.2, -0.15) is 11.3 Å². The maximum absolute atomic E-state index is 3.92. The van der Waals surface area contributed by atoms with Crippen LogP contribution in [0.4, 0.5) is 0 Å². The second kappa shape index (κ2) is 4.08. The molecule has 0 radical (unpaired) electrons. The Bertz CT molecular complexity index is 422. The number of fused-ring (bicyclic) bond motifs is 2. The molecule has 1 N–H and O–H groups in total. The van der Waals surface area contributed by atoms with E-state index in [4.69, 9.17) is 0 Å². The first-order chi connectivity index (χ1) is 8.45. The van der Waals surface area contributed by atoms with Crippen LogP contribution in [-0.4, -0.2) is 6.04 Å². The summed E-state index contributed by atoms with van der Waals surface area (Å²) in [4.78, 5) is 0. The first kappa shape index (κ1) is 12.7. The minimum absolute atomic E-state index is 0.488. The number of nitrogens with one attached hydrogen (secondary N) is 1. The summed E-state index contributed by atoms with van der Waals surface area (Å²) in [6.07, 6.45) is 4.21. The molecular weight excluding hydrogens is 238 g/mol. The van der Waals surface area contributed by atoms with Crippen molar-refractivity contribution in [2.45, 2.75) is 59.0 Å². The fraction of sp³-hybridized carbons (Fsp3) is 0.750. The molecule has 18 heavy (non-hydrogen) atoms. The second-order valence-electron chi connectivity index (χ2n) is 7.11. The predicted molar refractivity (Wildman–Crippen MR) is 78.9 cm³/mol. The van der Waals surface area contributed by atoms with Crippen LogP contribution in [0.5, 0.6) is 0 Å². The zero-order valence-electron chi connectivity index (χ0n) is 12.0. The Morgan fingerprint density at radius 2 is 2.17 bits per heavy atom. The maximum atomic E-state index is 3.92. The van der Waals surface area contributed by atoms with E-state index >= 15 is 0 Å². The van der Waals surface area contributed by atoms with Crippen LogP contribution < -0.4 is 5.32 Å². The Balaban J connectivity index is 1.76. The molecule has 4 atom stereocenters. The van der Waals surface area contributed by atoms with Gasteiger partial charge >= 0.3 is 0 Å². The summed E-state index contributed by atoms with van der Waals surface area (Å²) >= 11 is 1.80. The fourth-order valence-electron chi connectivity index (χ4n) is 4.38. The largest absolute Gasteiger partial charge is 0.307 e. The first-order valence-corrected chi connectivity index (χ1v) is 8.17. The van der Waals surface area contributed by atoms with Gasteiger partial charge in [-0.05, 0) is 65.3 Å². The van der Waals surface area contributed by atoms with Crippen molar-refractivity contribution in [3.05, 3.63) is 22.4 Å². The number of hydrogen-bond donors (Lipinski definition) is 1. The average molecular weight is 263 g/mol. The van der Waals surface area contributed by atoms with Crippen molar-refractivity contribution in [1.82, 2.24) is 5.32 Å². The monoisotopic (exact) mass is 263 g/mol. The quantitative estimate of drug-likeness (QED) is 0.839. The molecule has 0 saturated heterocycles. The van der Waals surface area contributed by atoms with Crippen LogP contribution in [0, 0.1) is 16.7 Å². The summed E-state index contributed by atoms with van der Waals surface area (Å²) in [5.41, 5.74) is 2.45. The van der Waals surface area contributed by atoms with Crippen molar-refractivity contribution < 1.29 is 0 Å². The summed E-state index contributed by atoms with van der Waals surface area (Å²) in [7, 11) is 0. The molecule has 2 saturated carbocycles. The molecule has 1 aromatic rings. The van der Waals surface area contributed by atoms with E-state index < -0.39 is 0 Å². The van der Waals surface area contributed by atoms with Crippen molar-refractivity contribution in [2.24, 2.45) is 16.7 Å². The van der Waals surface area contributed by atoms with Crippen LogP contribution in [-0.2, 0) is 0 Å². The molecule has 2 aliphatic rings. The molecule has 3 rings (SSSR count). The van der Waals surface area contributed by atoms with Gasteiger partial charge in [0.25, 0.3) is 0 Å². The van der Waals surface area contributed by atoms with Gasteiger partial charge in [0, 0.05) is 12.1 Å². The van der Waals surface area contributed by atoms with E-state index in [1.165, 1.54) is 24.8 Å². The Kier molecular flexibility index (Phi) is 2.87. The van der Waals surface area contributed by atoms with Gasteiger partial charge < -0.3 is 5.32 Å². The SMILES string of the molecule is CC(NC1CC2CCC1(C)C2(C)C)c1ccsc1. The van der Waals surface area contributed by atoms with Gasteiger partial charge in [-0.1, -0.05) is 20.8 Å². The van der Waals surface area contributed by atoms with Gasteiger partial charge in [0.05, 0.1) is 0 Å². The Morgan fingerprint density at radius 1 is 1.39 bits per heavy atom. The molecule has 2 fully saturated rings. The van der Waals surface area contributed by atoms with Crippen molar-refractivity contribution >= 4 is 11.3 Å². The third-order valence-corrected chi connectivity index (χ3v) is 6.99. The molecule has 0 spiro atoms. The molecule has 0 amide bonds. The summed E-state index contributed by atoms with van der Waals surface area (Å²) in [5, 5.41) is 8.37. The Hall–Kier alpha value is -0.340. The maximum Gasteiger partial charge on any atom is 0.0302 e. The Labute approximate surface area is 115 Å². The minimum Gasteiger partial charge on any atom is -0.307 e. The second-order valence-corrected chi connectivity index (χ2v) is 7.89. The van der Waals surface area contributed by atoms with Gasteiger partial charge in [0.2, 0.25) is 0 Å². The van der Waals surface area contributed by atoms with E-state index in [0.29, 0.717) is 22.9 Å². The highest BCUT2D eigenvalue weighted by Crippen LogP contribution is 2.65. The first-order valence-electron chi connectivity index (χ1n) is 7.23. The lowest BCUT2D eigenvalue weighted by atomic mass is 9.69. The number of rotatable bonds is 3. The van der Waals surface area contributed by atoms with E-state index in [1.807, 2.05) is 0 Å². The van der Waals surface area contributed by atoms with E-state index in [1.54, 1.807) is 11.3 Å². The highest BCUT2D eigenvalue weighted by molar-refractivity contribution is 7.07. The molecule has 4 unspecified atom stereocenters. The predicted octanol–water partition coefficient (Wildman–Crippen LogP) is 4.61. The van der Waals surface area contributed by atoms with Crippen molar-refractivity contribution in [3.8, 4) is 0 Å². The van der Waals surface area contributed by atoms with Gasteiger partial charge in [-0.15, -0.1) is 0 Å². The average Bonchev–Trinajstić information content (AvgIpc) is 2.95. The van der Waals surface area contributed by atoms with E-state index in [2.05, 4.69) is 49.8 Å². The lowest BCUT2D eigenvalue weighted by Crippen LogP contribution is -2.45. The van der Waals surface area contributed by atoms with Crippen LogP contribution in [0.15, 0.2) is 16.8 Å². The molecular formula is C16H25NS. The molecule has 2 heteroatoms. The van der Waals surface area contributed by atoms with E-state index in [0.717, 1.165) is 5.92 Å². The van der Waals surface area contributed by atoms with E-state index in [9.17, 15) is 0 Å². The van der Waals surface area contributed by atoms with E-state index in [-0.39, 0.29) is 0 Å². The van der Waals surface area contributed by atoms with Gasteiger partial charge in [-0.3, -0.25) is 0 Å². The molecule has 1 heterocycles. The van der Waals surface area contributed by atoms with Crippen LogP contribution in [0.3, 0.4) is 0 Å². The van der Waals surface area contributed by atoms with Crippen LogP contribution >= 0.6 is 11.3 Å². The summed E-state index contributed by atoms with van der Waals surface area (Å²) < 4.78 is 0. The smallest absolute Gasteiger partial charge is 0.0302 e. The molecule has 0 aromatic carbocycles. The fourth-order valence-corrected chi connectivity index (χ4v) is 5.13.